The van der Waals surface area contributed by atoms with E-state index < -0.39 is 67.6 Å². The molecule has 26 heavy (non-hydrogen) atoms. The summed E-state index contributed by atoms with van der Waals surface area (Å²) >= 11 is 0. The van der Waals surface area contributed by atoms with Crippen molar-refractivity contribution in [2.24, 2.45) is 0 Å². The molecular formula is C15H6F8O2S. The van der Waals surface area contributed by atoms with Crippen LogP contribution in [0.4, 0.5) is 35.1 Å². The molecule has 1 aliphatic heterocycles. The Kier molecular flexibility index (Phi) is 4.25. The Balaban J connectivity index is 2.19. The van der Waals surface area contributed by atoms with Gasteiger partial charge in [-0.15, -0.1) is 0 Å². The molecular weight excluding hydrogens is 396 g/mol. The third-order valence-corrected chi connectivity index (χ3v) is 5.09. The summed E-state index contributed by atoms with van der Waals surface area (Å²) in [5, 5.41) is -5.09. The van der Waals surface area contributed by atoms with Crippen LogP contribution in [0.1, 0.15) is 17.6 Å². The van der Waals surface area contributed by atoms with Crippen molar-refractivity contribution < 1.29 is 44.1 Å². The number of rotatable bonds is 3. The summed E-state index contributed by atoms with van der Waals surface area (Å²) in [6.07, 6.45) is -3.62. The van der Waals surface area contributed by atoms with E-state index >= 15 is 0 Å². The Morgan fingerprint density at radius 1 is 0.962 bits per heavy atom. The molecule has 1 atom stereocenters. The second-order valence-electron chi connectivity index (χ2n) is 5.22. The van der Waals surface area contributed by atoms with Gasteiger partial charge in [0.25, 0.3) is 6.43 Å². The van der Waals surface area contributed by atoms with Crippen molar-refractivity contribution in [3.8, 4) is 11.5 Å². The molecule has 0 N–H and O–H groups in total. The standard InChI is InChI=1S/C15H6F8O2S/c16-6-3-7(17)5-8(4-6)25-10-2-1-9-12(11(10)13(18)19)26(24)15(22,23)14(9,20)21/h1-5,13H. The third kappa shape index (κ3) is 2.65. The molecule has 0 saturated carbocycles. The Morgan fingerprint density at radius 2 is 1.54 bits per heavy atom. The predicted octanol–water partition coefficient (Wildman–Crippen LogP) is 5.50. The van der Waals surface area contributed by atoms with Crippen LogP contribution in [-0.4, -0.2) is 9.46 Å². The molecule has 0 aliphatic carbocycles. The Morgan fingerprint density at radius 3 is 2.08 bits per heavy atom. The van der Waals surface area contributed by atoms with Gasteiger partial charge in [0.15, 0.2) is 0 Å². The lowest BCUT2D eigenvalue weighted by Crippen LogP contribution is -2.35. The first kappa shape index (κ1) is 18.6. The van der Waals surface area contributed by atoms with E-state index in [9.17, 15) is 39.3 Å². The SMILES string of the molecule is O=S1c2c(ccc(Oc3cc(F)cc(F)c3)c2C(F)F)C(F)(F)C1(F)F. The number of alkyl halides is 6. The summed E-state index contributed by atoms with van der Waals surface area (Å²) in [4.78, 5) is -1.45. The van der Waals surface area contributed by atoms with E-state index in [1.54, 1.807) is 0 Å². The zero-order chi connectivity index (χ0) is 19.4. The molecule has 0 amide bonds. The number of hydrogen-bond donors (Lipinski definition) is 0. The highest BCUT2D eigenvalue weighted by Gasteiger charge is 2.69. The normalized spacial score (nSPS) is 20.3. The topological polar surface area (TPSA) is 26.3 Å². The molecule has 0 saturated heterocycles. The second-order valence-corrected chi connectivity index (χ2v) is 6.68. The van der Waals surface area contributed by atoms with Gasteiger partial charge in [0.05, 0.1) is 10.5 Å². The van der Waals surface area contributed by atoms with Gasteiger partial charge < -0.3 is 4.74 Å². The van der Waals surface area contributed by atoms with Crippen molar-refractivity contribution in [1.29, 1.82) is 0 Å². The molecule has 0 radical (unpaired) electrons. The average molecular weight is 402 g/mol. The van der Waals surface area contributed by atoms with Gasteiger partial charge >= 0.3 is 11.2 Å². The molecule has 11 heteroatoms. The van der Waals surface area contributed by atoms with Crippen molar-refractivity contribution in [3.05, 3.63) is 53.1 Å². The molecule has 0 bridgehead atoms. The van der Waals surface area contributed by atoms with Crippen LogP contribution < -0.4 is 4.74 Å². The molecule has 2 aromatic rings. The highest BCUT2D eigenvalue weighted by Crippen LogP contribution is 2.57. The maximum absolute atomic E-state index is 13.7. The van der Waals surface area contributed by atoms with E-state index in [4.69, 9.17) is 4.74 Å². The van der Waals surface area contributed by atoms with Gasteiger partial charge in [-0.05, 0) is 12.1 Å². The first-order valence-electron chi connectivity index (χ1n) is 6.73. The number of hydrogen-bond acceptors (Lipinski definition) is 2. The Hall–Kier alpha value is -2.17. The molecule has 1 heterocycles. The van der Waals surface area contributed by atoms with Crippen LogP contribution >= 0.6 is 0 Å². The molecule has 140 valence electrons. The minimum Gasteiger partial charge on any atom is -0.457 e. The van der Waals surface area contributed by atoms with Crippen molar-refractivity contribution in [3.63, 3.8) is 0 Å². The molecule has 2 aromatic carbocycles. The van der Waals surface area contributed by atoms with Gasteiger partial charge in [0, 0.05) is 23.8 Å². The van der Waals surface area contributed by atoms with Crippen LogP contribution in [0, 0.1) is 11.6 Å². The monoisotopic (exact) mass is 402 g/mol. The number of benzene rings is 2. The zero-order valence-electron chi connectivity index (χ0n) is 12.2. The van der Waals surface area contributed by atoms with Gasteiger partial charge in [0.2, 0.25) is 0 Å². The van der Waals surface area contributed by atoms with Crippen molar-refractivity contribution >= 4 is 10.8 Å². The lowest BCUT2D eigenvalue weighted by atomic mass is 10.0. The summed E-state index contributed by atoms with van der Waals surface area (Å²) in [6.45, 7) is 0. The van der Waals surface area contributed by atoms with Crippen LogP contribution in [0.15, 0.2) is 35.2 Å². The molecule has 0 aromatic heterocycles. The van der Waals surface area contributed by atoms with E-state index in [0.29, 0.717) is 30.3 Å². The maximum atomic E-state index is 13.7. The Bertz CT molecular complexity index is 893. The van der Waals surface area contributed by atoms with Crippen molar-refractivity contribution in [1.82, 2.24) is 0 Å². The van der Waals surface area contributed by atoms with E-state index in [0.717, 1.165) is 0 Å². The van der Waals surface area contributed by atoms with Crippen molar-refractivity contribution in [2.75, 3.05) is 0 Å². The first-order chi connectivity index (χ1) is 12.0. The average Bonchev–Trinajstić information content (AvgIpc) is 2.64. The molecule has 1 aliphatic rings. The smallest absolute Gasteiger partial charge is 0.391 e. The number of halogens is 8. The van der Waals surface area contributed by atoms with Crippen LogP contribution in [0.3, 0.4) is 0 Å². The fourth-order valence-corrected chi connectivity index (χ4v) is 3.82. The quantitative estimate of drug-likeness (QED) is 0.634. The number of fused-ring (bicyclic) bond motifs is 1. The lowest BCUT2D eigenvalue weighted by molar-refractivity contribution is -0.156. The fourth-order valence-electron chi connectivity index (χ4n) is 2.44. The fraction of sp³-hybridized carbons (Fsp3) is 0.200. The largest absolute Gasteiger partial charge is 0.457 e. The van der Waals surface area contributed by atoms with Crippen molar-refractivity contribution in [2.45, 2.75) is 22.5 Å². The van der Waals surface area contributed by atoms with E-state index in [1.807, 2.05) is 0 Å². The van der Waals surface area contributed by atoms with E-state index in [-0.39, 0.29) is 0 Å². The summed E-state index contributed by atoms with van der Waals surface area (Å²) in [5.74, 6) is -8.72. The zero-order valence-corrected chi connectivity index (χ0v) is 13.0. The van der Waals surface area contributed by atoms with Gasteiger partial charge in [-0.3, -0.25) is 0 Å². The van der Waals surface area contributed by atoms with Gasteiger partial charge in [0.1, 0.15) is 33.9 Å². The lowest BCUT2D eigenvalue weighted by Gasteiger charge is -2.17. The van der Waals surface area contributed by atoms with Gasteiger partial charge in [-0.25, -0.2) is 21.8 Å². The molecule has 0 fully saturated rings. The molecule has 3 rings (SSSR count). The molecule has 0 spiro atoms. The minimum atomic E-state index is -5.09. The van der Waals surface area contributed by atoms with Gasteiger partial charge in [-0.2, -0.15) is 17.6 Å². The first-order valence-corrected chi connectivity index (χ1v) is 7.88. The molecule has 2 nitrogen and oxygen atoms in total. The van der Waals surface area contributed by atoms with Crippen LogP contribution in [-0.2, 0) is 16.7 Å². The second kappa shape index (κ2) is 5.93. The van der Waals surface area contributed by atoms with Gasteiger partial charge in [-0.1, -0.05) is 0 Å². The van der Waals surface area contributed by atoms with E-state index in [1.165, 1.54) is 0 Å². The summed E-state index contributed by atoms with van der Waals surface area (Å²) in [6, 6.07) is 2.55. The summed E-state index contributed by atoms with van der Waals surface area (Å²) in [5.41, 5.74) is -2.98. The molecule has 1 unspecified atom stereocenters. The van der Waals surface area contributed by atoms with E-state index in [2.05, 4.69) is 0 Å². The van der Waals surface area contributed by atoms with Crippen LogP contribution in [0.2, 0.25) is 0 Å². The maximum Gasteiger partial charge on any atom is 0.391 e. The number of ether oxygens (including phenoxy) is 1. The summed E-state index contributed by atoms with van der Waals surface area (Å²) < 4.78 is 124. The highest BCUT2D eigenvalue weighted by molar-refractivity contribution is 7.86. The van der Waals surface area contributed by atoms with Crippen LogP contribution in [0.25, 0.3) is 0 Å². The van der Waals surface area contributed by atoms with Crippen LogP contribution in [0.5, 0.6) is 11.5 Å². The predicted molar refractivity (Wildman–Crippen MR) is 73.1 cm³/mol. The summed E-state index contributed by atoms with van der Waals surface area (Å²) in [7, 11) is -3.78. The highest BCUT2D eigenvalue weighted by atomic mass is 32.2. The third-order valence-electron chi connectivity index (χ3n) is 3.56. The Labute approximate surface area is 142 Å². The minimum absolute atomic E-state index is 0.366.